The standard InChI is InChI=1S/C18H16FN7.C2H5NO2/c1-10-15(20)23-17(24-16(10)21)14-12-6-4-8-22-18(12)26(25-14)9-11-5-2-3-7-13(11)19;1-3-2(4)5/h2-8H,9H2,1H3,(H4,20,21,23,24);3H,1H3,(H,4,5). The molecule has 0 aliphatic rings. The van der Waals surface area contributed by atoms with Crippen LogP contribution in [-0.2, 0) is 6.54 Å². The molecule has 0 aliphatic heterocycles. The fraction of sp³-hybridized carbons (Fsp3) is 0.150. The lowest BCUT2D eigenvalue weighted by atomic mass is 10.2. The number of hydrogen-bond acceptors (Lipinski definition) is 7. The average Bonchev–Trinajstić information content (AvgIpc) is 3.12. The predicted molar refractivity (Wildman–Crippen MR) is 115 cm³/mol. The molecule has 10 nitrogen and oxygen atoms in total. The number of fused-ring (bicyclic) bond motifs is 1. The van der Waals surface area contributed by atoms with E-state index in [-0.39, 0.29) is 12.4 Å². The number of halogens is 1. The predicted octanol–water partition coefficient (Wildman–Crippen LogP) is 2.43. The van der Waals surface area contributed by atoms with Crippen LogP contribution in [-0.4, -0.2) is 43.0 Å². The van der Waals surface area contributed by atoms with Gasteiger partial charge in [0.25, 0.3) is 0 Å². The van der Waals surface area contributed by atoms with Crippen molar-refractivity contribution in [1.82, 2.24) is 30.0 Å². The number of carbonyl (C=O) groups is 1. The molecular weight excluding hydrogens is 403 g/mol. The monoisotopic (exact) mass is 424 g/mol. The van der Waals surface area contributed by atoms with Crippen molar-refractivity contribution in [3.63, 3.8) is 0 Å². The number of aromatic nitrogens is 5. The van der Waals surface area contributed by atoms with E-state index in [4.69, 9.17) is 16.6 Å². The summed E-state index contributed by atoms with van der Waals surface area (Å²) >= 11 is 0. The van der Waals surface area contributed by atoms with Crippen LogP contribution >= 0.6 is 0 Å². The Labute approximate surface area is 176 Å². The van der Waals surface area contributed by atoms with E-state index in [0.29, 0.717) is 39.9 Å². The molecule has 4 aromatic rings. The summed E-state index contributed by atoms with van der Waals surface area (Å²) in [6.07, 6.45) is 0.662. The molecule has 0 radical (unpaired) electrons. The molecular formula is C20H21FN8O2. The van der Waals surface area contributed by atoms with Crippen molar-refractivity contribution in [2.24, 2.45) is 0 Å². The zero-order valence-electron chi connectivity index (χ0n) is 16.9. The van der Waals surface area contributed by atoms with E-state index >= 15 is 0 Å². The van der Waals surface area contributed by atoms with Gasteiger partial charge in [-0.3, -0.25) is 0 Å². The molecule has 160 valence electrons. The molecule has 0 unspecified atom stereocenters. The fourth-order valence-electron chi connectivity index (χ4n) is 2.73. The first-order valence-corrected chi connectivity index (χ1v) is 9.17. The van der Waals surface area contributed by atoms with Gasteiger partial charge in [-0.05, 0) is 25.1 Å². The SMILES string of the molecule is CNC(=O)O.Cc1c(N)nc(-c2nn(Cc3ccccc3F)c3ncccc23)nc1N. The highest BCUT2D eigenvalue weighted by Crippen LogP contribution is 2.27. The quantitative estimate of drug-likeness (QED) is 0.390. The maximum atomic E-state index is 14.0. The summed E-state index contributed by atoms with van der Waals surface area (Å²) in [6, 6.07) is 10.2. The van der Waals surface area contributed by atoms with Gasteiger partial charge in [-0.15, -0.1) is 0 Å². The lowest BCUT2D eigenvalue weighted by Gasteiger charge is -2.05. The van der Waals surface area contributed by atoms with Crippen molar-refractivity contribution >= 4 is 28.8 Å². The highest BCUT2D eigenvalue weighted by molar-refractivity contribution is 5.89. The van der Waals surface area contributed by atoms with Crippen LogP contribution in [0.15, 0.2) is 42.6 Å². The lowest BCUT2D eigenvalue weighted by molar-refractivity contribution is 0.197. The molecule has 6 N–H and O–H groups in total. The van der Waals surface area contributed by atoms with Gasteiger partial charge in [-0.25, -0.2) is 28.8 Å². The fourth-order valence-corrected chi connectivity index (χ4v) is 2.73. The second kappa shape index (κ2) is 9.03. The highest BCUT2D eigenvalue weighted by Gasteiger charge is 2.18. The number of anilines is 2. The summed E-state index contributed by atoms with van der Waals surface area (Å²) in [7, 11) is 1.35. The largest absolute Gasteiger partial charge is 0.465 e. The van der Waals surface area contributed by atoms with Gasteiger partial charge in [0, 0.05) is 24.4 Å². The highest BCUT2D eigenvalue weighted by atomic mass is 19.1. The van der Waals surface area contributed by atoms with Crippen molar-refractivity contribution in [2.75, 3.05) is 18.5 Å². The number of benzene rings is 1. The van der Waals surface area contributed by atoms with Crippen LogP contribution < -0.4 is 16.8 Å². The van der Waals surface area contributed by atoms with E-state index in [1.54, 1.807) is 42.1 Å². The molecule has 3 aromatic heterocycles. The maximum Gasteiger partial charge on any atom is 0.404 e. The topological polar surface area (TPSA) is 158 Å². The van der Waals surface area contributed by atoms with Crippen LogP contribution in [0.3, 0.4) is 0 Å². The van der Waals surface area contributed by atoms with Gasteiger partial charge in [0.2, 0.25) is 0 Å². The second-order valence-electron chi connectivity index (χ2n) is 6.47. The van der Waals surface area contributed by atoms with Gasteiger partial charge in [-0.1, -0.05) is 18.2 Å². The normalized spacial score (nSPS) is 10.4. The van der Waals surface area contributed by atoms with E-state index in [0.717, 1.165) is 5.39 Å². The summed E-state index contributed by atoms with van der Waals surface area (Å²) in [5, 5.41) is 14.9. The first-order chi connectivity index (χ1) is 14.8. The molecule has 11 heteroatoms. The number of amides is 1. The smallest absolute Gasteiger partial charge is 0.404 e. The van der Waals surface area contributed by atoms with Crippen molar-refractivity contribution < 1.29 is 14.3 Å². The minimum atomic E-state index is -0.995. The van der Waals surface area contributed by atoms with Gasteiger partial charge in [-0.2, -0.15) is 5.10 Å². The number of nitrogens with one attached hydrogen (secondary N) is 1. The first-order valence-electron chi connectivity index (χ1n) is 9.17. The van der Waals surface area contributed by atoms with Crippen LogP contribution in [0, 0.1) is 12.7 Å². The zero-order chi connectivity index (χ0) is 22.5. The molecule has 0 spiro atoms. The third-order valence-corrected chi connectivity index (χ3v) is 4.43. The summed E-state index contributed by atoms with van der Waals surface area (Å²) in [4.78, 5) is 22.2. The Balaban J connectivity index is 0.000000491. The van der Waals surface area contributed by atoms with Crippen LogP contribution in [0.4, 0.5) is 20.8 Å². The van der Waals surface area contributed by atoms with E-state index in [1.807, 2.05) is 11.4 Å². The summed E-state index contributed by atoms with van der Waals surface area (Å²) in [5.74, 6) is 0.617. The lowest BCUT2D eigenvalue weighted by Crippen LogP contribution is -2.13. The van der Waals surface area contributed by atoms with Crippen LogP contribution in [0.2, 0.25) is 0 Å². The molecule has 1 amide bonds. The summed E-state index contributed by atoms with van der Waals surface area (Å²) in [6.45, 7) is 1.99. The summed E-state index contributed by atoms with van der Waals surface area (Å²) < 4.78 is 15.7. The maximum absolute atomic E-state index is 14.0. The van der Waals surface area contributed by atoms with E-state index in [2.05, 4.69) is 20.1 Å². The molecule has 0 saturated carbocycles. The van der Waals surface area contributed by atoms with E-state index in [9.17, 15) is 9.18 Å². The number of nitrogen functional groups attached to an aromatic ring is 2. The number of nitrogens with two attached hydrogens (primary N) is 2. The van der Waals surface area contributed by atoms with Gasteiger partial charge >= 0.3 is 6.09 Å². The second-order valence-corrected chi connectivity index (χ2v) is 6.47. The number of rotatable bonds is 3. The van der Waals surface area contributed by atoms with Crippen molar-refractivity contribution in [3.05, 3.63) is 59.5 Å². The third kappa shape index (κ3) is 4.66. The Morgan fingerprint density at radius 3 is 2.42 bits per heavy atom. The molecule has 4 rings (SSSR count). The van der Waals surface area contributed by atoms with Gasteiger partial charge in [0.15, 0.2) is 11.5 Å². The zero-order valence-corrected chi connectivity index (χ0v) is 16.9. The van der Waals surface area contributed by atoms with E-state index < -0.39 is 6.09 Å². The molecule has 0 aliphatic carbocycles. The molecule has 0 fully saturated rings. The number of pyridine rings is 1. The first kappa shape index (κ1) is 21.4. The molecule has 0 saturated heterocycles. The Hall–Kier alpha value is -4.28. The van der Waals surface area contributed by atoms with E-state index in [1.165, 1.54) is 13.1 Å². The van der Waals surface area contributed by atoms with Crippen LogP contribution in [0.1, 0.15) is 11.1 Å². The van der Waals surface area contributed by atoms with Gasteiger partial charge in [0.05, 0.1) is 11.9 Å². The van der Waals surface area contributed by atoms with Gasteiger partial charge < -0.3 is 21.9 Å². The molecule has 3 heterocycles. The molecule has 0 atom stereocenters. The average molecular weight is 424 g/mol. The Morgan fingerprint density at radius 2 is 1.81 bits per heavy atom. The van der Waals surface area contributed by atoms with Crippen molar-refractivity contribution in [2.45, 2.75) is 13.5 Å². The number of hydrogen-bond donors (Lipinski definition) is 4. The molecule has 0 bridgehead atoms. The Bertz CT molecular complexity index is 1220. The molecule has 1 aromatic carbocycles. The van der Waals surface area contributed by atoms with Crippen LogP contribution in [0.5, 0.6) is 0 Å². The van der Waals surface area contributed by atoms with Crippen molar-refractivity contribution in [3.8, 4) is 11.5 Å². The number of carboxylic acid groups (broad SMARTS) is 1. The third-order valence-electron chi connectivity index (χ3n) is 4.43. The minimum absolute atomic E-state index is 0.233. The Kier molecular flexibility index (Phi) is 6.24. The Morgan fingerprint density at radius 1 is 1.16 bits per heavy atom. The van der Waals surface area contributed by atoms with Gasteiger partial charge in [0.1, 0.15) is 23.1 Å². The number of nitrogens with zero attached hydrogens (tertiary/aromatic N) is 5. The minimum Gasteiger partial charge on any atom is -0.465 e. The van der Waals surface area contributed by atoms with Crippen LogP contribution in [0.25, 0.3) is 22.6 Å². The summed E-state index contributed by atoms with van der Waals surface area (Å²) in [5.41, 5.74) is 14.1. The molecule has 31 heavy (non-hydrogen) atoms. The van der Waals surface area contributed by atoms with Crippen molar-refractivity contribution in [1.29, 1.82) is 0 Å².